The van der Waals surface area contributed by atoms with E-state index in [4.69, 9.17) is 4.74 Å². The standard InChI is InChI=1S/C19H31NO/c1-13-11-15(12-14(2)18(13)21-6)17(20-5)16-9-7-8-10-19(16,3)4/h11-12,16-17,20H,7-10H2,1-6H3. The summed E-state index contributed by atoms with van der Waals surface area (Å²) >= 11 is 0. The fraction of sp³-hybridized carbons (Fsp3) is 0.684. The van der Waals surface area contributed by atoms with Crippen LogP contribution in [0, 0.1) is 25.2 Å². The van der Waals surface area contributed by atoms with Gasteiger partial charge in [0.15, 0.2) is 0 Å². The van der Waals surface area contributed by atoms with E-state index in [0.29, 0.717) is 17.4 Å². The Hall–Kier alpha value is -1.02. The number of methoxy groups -OCH3 is 1. The first-order chi connectivity index (χ1) is 9.90. The molecule has 0 radical (unpaired) electrons. The minimum atomic E-state index is 0.410. The lowest BCUT2D eigenvalue weighted by Gasteiger charge is -2.43. The highest BCUT2D eigenvalue weighted by Crippen LogP contribution is 2.47. The first kappa shape index (κ1) is 16.4. The Morgan fingerprint density at radius 1 is 1.19 bits per heavy atom. The second-order valence-electron chi connectivity index (χ2n) is 7.30. The topological polar surface area (TPSA) is 21.3 Å². The fourth-order valence-corrected chi connectivity index (χ4v) is 4.22. The van der Waals surface area contributed by atoms with E-state index in [1.165, 1.54) is 42.4 Å². The van der Waals surface area contributed by atoms with Gasteiger partial charge in [0.2, 0.25) is 0 Å². The highest BCUT2D eigenvalue weighted by Gasteiger charge is 2.37. The summed E-state index contributed by atoms with van der Waals surface area (Å²) in [5.41, 5.74) is 4.30. The zero-order valence-corrected chi connectivity index (χ0v) is 14.5. The fourth-order valence-electron chi connectivity index (χ4n) is 4.22. The van der Waals surface area contributed by atoms with Crippen LogP contribution in [0.15, 0.2) is 12.1 Å². The van der Waals surface area contributed by atoms with Gasteiger partial charge in [-0.2, -0.15) is 0 Å². The van der Waals surface area contributed by atoms with Crippen molar-refractivity contribution in [3.05, 3.63) is 28.8 Å². The van der Waals surface area contributed by atoms with Crippen molar-refractivity contribution in [2.75, 3.05) is 14.2 Å². The normalized spacial score (nSPS) is 22.9. The predicted molar refractivity (Wildman–Crippen MR) is 90.0 cm³/mol. The monoisotopic (exact) mass is 289 g/mol. The van der Waals surface area contributed by atoms with Crippen LogP contribution < -0.4 is 10.1 Å². The van der Waals surface area contributed by atoms with Gasteiger partial charge in [0.25, 0.3) is 0 Å². The molecule has 0 heterocycles. The first-order valence-electron chi connectivity index (χ1n) is 8.23. The Morgan fingerprint density at radius 3 is 2.29 bits per heavy atom. The van der Waals surface area contributed by atoms with Crippen molar-refractivity contribution in [1.29, 1.82) is 0 Å². The van der Waals surface area contributed by atoms with Crippen LogP contribution in [0.4, 0.5) is 0 Å². The van der Waals surface area contributed by atoms with Crippen LogP contribution in [-0.4, -0.2) is 14.2 Å². The molecular weight excluding hydrogens is 258 g/mol. The highest BCUT2D eigenvalue weighted by atomic mass is 16.5. The average Bonchev–Trinajstić information content (AvgIpc) is 2.41. The van der Waals surface area contributed by atoms with Gasteiger partial charge in [-0.1, -0.05) is 38.8 Å². The van der Waals surface area contributed by atoms with Gasteiger partial charge in [0.05, 0.1) is 7.11 Å². The molecule has 2 nitrogen and oxygen atoms in total. The van der Waals surface area contributed by atoms with Crippen LogP contribution >= 0.6 is 0 Å². The lowest BCUT2D eigenvalue weighted by molar-refractivity contribution is 0.101. The van der Waals surface area contributed by atoms with Crippen LogP contribution in [0.25, 0.3) is 0 Å². The molecule has 1 aliphatic carbocycles. The summed E-state index contributed by atoms with van der Waals surface area (Å²) in [5, 5.41) is 3.59. The predicted octanol–water partition coefficient (Wildman–Crippen LogP) is 4.79. The molecule has 0 bridgehead atoms. The van der Waals surface area contributed by atoms with E-state index in [9.17, 15) is 0 Å². The van der Waals surface area contributed by atoms with Gasteiger partial charge < -0.3 is 10.1 Å². The zero-order chi connectivity index (χ0) is 15.6. The first-order valence-corrected chi connectivity index (χ1v) is 8.23. The lowest BCUT2D eigenvalue weighted by atomic mass is 9.64. The summed E-state index contributed by atoms with van der Waals surface area (Å²) in [6.07, 6.45) is 5.40. The molecule has 1 saturated carbocycles. The summed E-state index contributed by atoms with van der Waals surface area (Å²) in [7, 11) is 3.86. The molecule has 0 spiro atoms. The van der Waals surface area contributed by atoms with Gasteiger partial charge in [-0.3, -0.25) is 0 Å². The molecule has 1 aromatic rings. The molecule has 0 saturated heterocycles. The Morgan fingerprint density at radius 2 is 1.81 bits per heavy atom. The van der Waals surface area contributed by atoms with Crippen molar-refractivity contribution in [2.45, 2.75) is 59.4 Å². The molecular formula is C19H31NO. The maximum Gasteiger partial charge on any atom is 0.124 e. The molecule has 0 aromatic heterocycles. The minimum absolute atomic E-state index is 0.410. The van der Waals surface area contributed by atoms with Crippen molar-refractivity contribution in [3.63, 3.8) is 0 Å². The van der Waals surface area contributed by atoms with Crippen molar-refractivity contribution in [3.8, 4) is 5.75 Å². The maximum absolute atomic E-state index is 5.51. The summed E-state index contributed by atoms with van der Waals surface area (Å²) in [4.78, 5) is 0. The number of hydrogen-bond donors (Lipinski definition) is 1. The van der Waals surface area contributed by atoms with Gasteiger partial charge in [-0.05, 0) is 61.8 Å². The quantitative estimate of drug-likeness (QED) is 0.860. The molecule has 2 atom stereocenters. The molecule has 118 valence electrons. The van der Waals surface area contributed by atoms with E-state index in [-0.39, 0.29) is 0 Å². The third-order valence-electron chi connectivity index (χ3n) is 5.35. The van der Waals surface area contributed by atoms with Crippen LogP contribution in [0.1, 0.15) is 62.3 Å². The number of benzene rings is 1. The van der Waals surface area contributed by atoms with E-state index >= 15 is 0 Å². The van der Waals surface area contributed by atoms with E-state index < -0.39 is 0 Å². The average molecular weight is 289 g/mol. The van der Waals surface area contributed by atoms with Crippen LogP contribution in [0.5, 0.6) is 5.75 Å². The number of ether oxygens (including phenoxy) is 1. The maximum atomic E-state index is 5.51. The number of aryl methyl sites for hydroxylation is 2. The van der Waals surface area contributed by atoms with Gasteiger partial charge in [0.1, 0.15) is 5.75 Å². The molecule has 21 heavy (non-hydrogen) atoms. The summed E-state index contributed by atoms with van der Waals surface area (Å²) < 4.78 is 5.51. The minimum Gasteiger partial charge on any atom is -0.496 e. The molecule has 1 fully saturated rings. The number of rotatable bonds is 4. The Balaban J connectivity index is 2.37. The van der Waals surface area contributed by atoms with Crippen LogP contribution in [0.2, 0.25) is 0 Å². The van der Waals surface area contributed by atoms with E-state index in [0.717, 1.165) is 5.75 Å². The molecule has 0 amide bonds. The van der Waals surface area contributed by atoms with Crippen LogP contribution in [-0.2, 0) is 0 Å². The van der Waals surface area contributed by atoms with Crippen LogP contribution in [0.3, 0.4) is 0 Å². The molecule has 0 aliphatic heterocycles. The lowest BCUT2D eigenvalue weighted by Crippen LogP contribution is -2.37. The molecule has 2 unspecified atom stereocenters. The van der Waals surface area contributed by atoms with Crippen molar-refractivity contribution in [2.24, 2.45) is 11.3 Å². The largest absolute Gasteiger partial charge is 0.496 e. The Labute approximate surface area is 130 Å². The molecule has 1 aliphatic rings. The third-order valence-corrected chi connectivity index (χ3v) is 5.35. The second kappa shape index (κ2) is 6.39. The second-order valence-corrected chi connectivity index (χ2v) is 7.30. The van der Waals surface area contributed by atoms with Gasteiger partial charge in [-0.15, -0.1) is 0 Å². The van der Waals surface area contributed by atoms with Gasteiger partial charge in [-0.25, -0.2) is 0 Å². The van der Waals surface area contributed by atoms with E-state index in [1.807, 2.05) is 0 Å². The number of nitrogens with one attached hydrogen (secondary N) is 1. The van der Waals surface area contributed by atoms with Crippen molar-refractivity contribution < 1.29 is 4.74 Å². The van der Waals surface area contributed by atoms with Crippen molar-refractivity contribution >= 4 is 0 Å². The number of hydrogen-bond acceptors (Lipinski definition) is 2. The van der Waals surface area contributed by atoms with E-state index in [1.54, 1.807) is 7.11 Å². The highest BCUT2D eigenvalue weighted by molar-refractivity contribution is 5.44. The van der Waals surface area contributed by atoms with Gasteiger partial charge >= 0.3 is 0 Å². The molecule has 1 aromatic carbocycles. The summed E-state index contributed by atoms with van der Waals surface area (Å²) in [6, 6.07) is 5.04. The Kier molecular flexibility index (Phi) is 4.98. The molecule has 1 N–H and O–H groups in total. The van der Waals surface area contributed by atoms with Crippen molar-refractivity contribution in [1.82, 2.24) is 5.32 Å². The summed E-state index contributed by atoms with van der Waals surface area (Å²) in [6.45, 7) is 9.16. The smallest absolute Gasteiger partial charge is 0.124 e. The molecule has 2 rings (SSSR count). The van der Waals surface area contributed by atoms with Gasteiger partial charge in [0, 0.05) is 6.04 Å². The van der Waals surface area contributed by atoms with E-state index in [2.05, 4.69) is 52.2 Å². The third kappa shape index (κ3) is 3.26. The molecule has 2 heteroatoms. The summed E-state index contributed by atoms with van der Waals surface area (Å²) in [5.74, 6) is 1.72. The zero-order valence-electron chi connectivity index (χ0n) is 14.5. The Bertz CT molecular complexity index is 469. The SMILES string of the molecule is CNC(c1cc(C)c(OC)c(C)c1)C1CCCCC1(C)C.